The minimum atomic E-state index is -1.05. The van der Waals surface area contributed by atoms with E-state index in [9.17, 15) is 9.18 Å². The predicted octanol–water partition coefficient (Wildman–Crippen LogP) is 3.47. The summed E-state index contributed by atoms with van der Waals surface area (Å²) in [5.74, 6) is -1.16. The van der Waals surface area contributed by atoms with E-state index in [0.717, 1.165) is 0 Å². The van der Waals surface area contributed by atoms with Crippen LogP contribution in [-0.4, -0.2) is 5.78 Å². The molecule has 0 spiro atoms. The zero-order valence-electron chi connectivity index (χ0n) is 10.4. The van der Waals surface area contributed by atoms with E-state index in [1.54, 1.807) is 18.2 Å². The van der Waals surface area contributed by atoms with Crippen molar-refractivity contribution in [2.45, 2.75) is 19.3 Å². The summed E-state index contributed by atoms with van der Waals surface area (Å²) in [5.41, 5.74) is 0.335. The van der Waals surface area contributed by atoms with Gasteiger partial charge >= 0.3 is 0 Å². The first-order valence-corrected chi connectivity index (χ1v) is 5.93. The van der Waals surface area contributed by atoms with Gasteiger partial charge in [-0.05, 0) is 29.8 Å². The molecule has 0 saturated heterocycles. The molecule has 0 aliphatic rings. The Kier molecular flexibility index (Phi) is 3.76. The van der Waals surface area contributed by atoms with Crippen LogP contribution in [0.1, 0.15) is 34.7 Å². The van der Waals surface area contributed by atoms with Gasteiger partial charge in [-0.3, -0.25) is 4.79 Å². The van der Waals surface area contributed by atoms with Gasteiger partial charge in [0.1, 0.15) is 17.5 Å². The molecule has 0 saturated carbocycles. The van der Waals surface area contributed by atoms with Crippen LogP contribution in [0.5, 0.6) is 0 Å². The number of nitriles is 1. The second kappa shape index (κ2) is 5.49. The highest BCUT2D eigenvalue weighted by atomic mass is 19.1. The zero-order valence-corrected chi connectivity index (χ0v) is 10.4. The van der Waals surface area contributed by atoms with Crippen LogP contribution in [0.15, 0.2) is 40.8 Å². The molecule has 0 fully saturated rings. The SMILES string of the molecule is CCc1ccc(C(=O)C(C#N)c2cccc(F)c2)o1. The zero-order chi connectivity index (χ0) is 13.8. The molecule has 0 N–H and O–H groups in total. The van der Waals surface area contributed by atoms with Crippen molar-refractivity contribution < 1.29 is 13.6 Å². The number of hydrogen-bond donors (Lipinski definition) is 0. The van der Waals surface area contributed by atoms with Gasteiger partial charge in [0.05, 0.1) is 6.07 Å². The van der Waals surface area contributed by atoms with Crippen LogP contribution in [0.3, 0.4) is 0 Å². The van der Waals surface area contributed by atoms with Gasteiger partial charge in [0, 0.05) is 6.42 Å². The normalized spacial score (nSPS) is 11.8. The lowest BCUT2D eigenvalue weighted by molar-refractivity contribution is 0.0950. The van der Waals surface area contributed by atoms with Crippen molar-refractivity contribution in [3.8, 4) is 6.07 Å². The number of nitrogens with zero attached hydrogens (tertiary/aromatic N) is 1. The van der Waals surface area contributed by atoms with E-state index in [-0.39, 0.29) is 5.76 Å². The molecule has 1 heterocycles. The van der Waals surface area contributed by atoms with Crippen LogP contribution in [0.25, 0.3) is 0 Å². The van der Waals surface area contributed by atoms with Crippen molar-refractivity contribution in [2.24, 2.45) is 0 Å². The van der Waals surface area contributed by atoms with Gasteiger partial charge in [0.15, 0.2) is 5.76 Å². The summed E-state index contributed by atoms with van der Waals surface area (Å²) in [5, 5.41) is 9.13. The van der Waals surface area contributed by atoms with Crippen molar-refractivity contribution in [1.29, 1.82) is 5.26 Å². The van der Waals surface area contributed by atoms with Crippen LogP contribution in [-0.2, 0) is 6.42 Å². The van der Waals surface area contributed by atoms with Gasteiger partial charge in [-0.25, -0.2) is 4.39 Å². The molecule has 2 rings (SSSR count). The van der Waals surface area contributed by atoms with Gasteiger partial charge in [0.2, 0.25) is 5.78 Å². The molecule has 1 atom stereocenters. The van der Waals surface area contributed by atoms with Crippen molar-refractivity contribution in [3.63, 3.8) is 0 Å². The fourth-order valence-corrected chi connectivity index (χ4v) is 1.81. The lowest BCUT2D eigenvalue weighted by atomic mass is 9.95. The number of Topliss-reactive ketones (excluding diaryl/α,β-unsaturated/α-hetero) is 1. The number of hydrogen-bond acceptors (Lipinski definition) is 3. The molecule has 0 aliphatic heterocycles. The molecule has 96 valence electrons. The lowest BCUT2D eigenvalue weighted by Crippen LogP contribution is -2.10. The van der Waals surface area contributed by atoms with E-state index in [2.05, 4.69) is 0 Å². The maximum absolute atomic E-state index is 13.1. The first kappa shape index (κ1) is 13.0. The second-order valence-electron chi connectivity index (χ2n) is 4.10. The molecule has 1 aromatic heterocycles. The summed E-state index contributed by atoms with van der Waals surface area (Å²) < 4.78 is 18.5. The smallest absolute Gasteiger partial charge is 0.219 e. The third-order valence-corrected chi connectivity index (χ3v) is 2.83. The standard InChI is InChI=1S/C15H12FNO2/c1-2-12-6-7-14(19-12)15(18)13(9-17)10-4-3-5-11(16)8-10/h3-8,13H,2H2,1H3. The van der Waals surface area contributed by atoms with E-state index < -0.39 is 17.5 Å². The number of ketones is 1. The van der Waals surface area contributed by atoms with E-state index in [1.165, 1.54) is 18.2 Å². The summed E-state index contributed by atoms with van der Waals surface area (Å²) in [6.07, 6.45) is 0.671. The van der Waals surface area contributed by atoms with Crippen molar-refractivity contribution in [3.05, 3.63) is 59.3 Å². The van der Waals surface area contributed by atoms with E-state index in [0.29, 0.717) is 17.7 Å². The summed E-state index contributed by atoms with van der Waals surface area (Å²) in [6.45, 7) is 1.90. The number of furan rings is 1. The first-order chi connectivity index (χ1) is 9.15. The van der Waals surface area contributed by atoms with E-state index in [4.69, 9.17) is 9.68 Å². The third-order valence-electron chi connectivity index (χ3n) is 2.83. The minimum absolute atomic E-state index is 0.132. The molecule has 2 aromatic rings. The largest absolute Gasteiger partial charge is 0.458 e. The van der Waals surface area contributed by atoms with Crippen molar-refractivity contribution in [2.75, 3.05) is 0 Å². The molecule has 1 aromatic carbocycles. The number of carbonyl (C=O) groups is 1. The van der Waals surface area contributed by atoms with Crippen LogP contribution >= 0.6 is 0 Å². The summed E-state index contributed by atoms with van der Waals surface area (Å²) in [7, 11) is 0. The van der Waals surface area contributed by atoms with Crippen molar-refractivity contribution >= 4 is 5.78 Å². The molecule has 19 heavy (non-hydrogen) atoms. The van der Waals surface area contributed by atoms with Crippen LogP contribution < -0.4 is 0 Å². The Balaban J connectivity index is 2.32. The van der Waals surface area contributed by atoms with Gasteiger partial charge in [-0.2, -0.15) is 5.26 Å². The highest BCUT2D eigenvalue weighted by molar-refractivity contribution is 6.00. The Hall–Kier alpha value is -2.41. The lowest BCUT2D eigenvalue weighted by Gasteiger charge is -2.06. The van der Waals surface area contributed by atoms with Gasteiger partial charge in [-0.15, -0.1) is 0 Å². The van der Waals surface area contributed by atoms with Crippen LogP contribution in [0.2, 0.25) is 0 Å². The molecule has 1 unspecified atom stereocenters. The average Bonchev–Trinajstić information content (AvgIpc) is 2.88. The third kappa shape index (κ3) is 2.71. The topological polar surface area (TPSA) is 54.0 Å². The highest BCUT2D eigenvalue weighted by Crippen LogP contribution is 2.22. The Morgan fingerprint density at radius 1 is 1.42 bits per heavy atom. The predicted molar refractivity (Wildman–Crippen MR) is 67.2 cm³/mol. The van der Waals surface area contributed by atoms with E-state index >= 15 is 0 Å². The maximum Gasteiger partial charge on any atom is 0.219 e. The monoisotopic (exact) mass is 257 g/mol. The summed E-state index contributed by atoms with van der Waals surface area (Å²) in [6, 6.07) is 10.6. The second-order valence-corrected chi connectivity index (χ2v) is 4.10. The molecule has 0 amide bonds. The number of benzene rings is 1. The Morgan fingerprint density at radius 2 is 2.21 bits per heavy atom. The number of carbonyl (C=O) groups excluding carboxylic acids is 1. The molecule has 3 nitrogen and oxygen atoms in total. The number of rotatable bonds is 4. The van der Waals surface area contributed by atoms with Crippen molar-refractivity contribution in [1.82, 2.24) is 0 Å². The Bertz CT molecular complexity index is 640. The highest BCUT2D eigenvalue weighted by Gasteiger charge is 2.24. The average molecular weight is 257 g/mol. The minimum Gasteiger partial charge on any atom is -0.458 e. The first-order valence-electron chi connectivity index (χ1n) is 5.93. The van der Waals surface area contributed by atoms with E-state index in [1.807, 2.05) is 13.0 Å². The molecule has 0 aliphatic carbocycles. The quantitative estimate of drug-likeness (QED) is 0.788. The van der Waals surface area contributed by atoms with Gasteiger partial charge in [0.25, 0.3) is 0 Å². The van der Waals surface area contributed by atoms with Crippen LogP contribution in [0.4, 0.5) is 4.39 Å². The van der Waals surface area contributed by atoms with Gasteiger partial charge in [-0.1, -0.05) is 19.1 Å². The van der Waals surface area contributed by atoms with Gasteiger partial charge < -0.3 is 4.42 Å². The fraction of sp³-hybridized carbons (Fsp3) is 0.200. The molecule has 0 bridgehead atoms. The molecular weight excluding hydrogens is 245 g/mol. The fourth-order valence-electron chi connectivity index (χ4n) is 1.81. The Labute approximate surface area is 110 Å². The molecule has 0 radical (unpaired) electrons. The number of halogens is 1. The van der Waals surface area contributed by atoms with Crippen LogP contribution in [0, 0.1) is 17.1 Å². The summed E-state index contributed by atoms with van der Waals surface area (Å²) >= 11 is 0. The molecule has 4 heteroatoms. The molecular formula is C15H12FNO2. The summed E-state index contributed by atoms with van der Waals surface area (Å²) in [4.78, 5) is 12.2. The number of aryl methyl sites for hydroxylation is 1. The Morgan fingerprint density at radius 3 is 2.79 bits per heavy atom. The maximum atomic E-state index is 13.1.